The molecule has 1 aromatic rings. The highest BCUT2D eigenvalue weighted by molar-refractivity contribution is 6.42. The summed E-state index contributed by atoms with van der Waals surface area (Å²) in [6, 6.07) is 5.29. The van der Waals surface area contributed by atoms with E-state index in [4.69, 9.17) is 49.0 Å². The Hall–Kier alpha value is -0.190. The van der Waals surface area contributed by atoms with Crippen molar-refractivity contribution >= 4 is 34.8 Å². The molecule has 19 heavy (non-hydrogen) atoms. The maximum Gasteiger partial charge on any atom is 0.139 e. The van der Waals surface area contributed by atoms with Gasteiger partial charge in [-0.1, -0.05) is 29.3 Å². The molecular formula is C13H15Cl3O3. The molecule has 3 unspecified atom stereocenters. The number of methoxy groups -OCH3 is 1. The van der Waals surface area contributed by atoms with Crippen LogP contribution in [0.15, 0.2) is 18.2 Å². The summed E-state index contributed by atoms with van der Waals surface area (Å²) in [5.41, 5.74) is 0. The van der Waals surface area contributed by atoms with Crippen LogP contribution in [0.5, 0.6) is 5.75 Å². The summed E-state index contributed by atoms with van der Waals surface area (Å²) in [4.78, 5) is 0. The van der Waals surface area contributed by atoms with Gasteiger partial charge in [0.25, 0.3) is 0 Å². The predicted octanol–water partition coefficient (Wildman–Crippen LogP) is 3.78. The van der Waals surface area contributed by atoms with Gasteiger partial charge < -0.3 is 14.2 Å². The summed E-state index contributed by atoms with van der Waals surface area (Å²) < 4.78 is 16.4. The number of halogens is 3. The smallest absolute Gasteiger partial charge is 0.139 e. The molecular weight excluding hydrogens is 310 g/mol. The maximum atomic E-state index is 6.12. The SMILES string of the molecule is COCCOC1C(Cl)CC1Oc1cccc(Cl)c1Cl. The van der Waals surface area contributed by atoms with Gasteiger partial charge in [0, 0.05) is 13.5 Å². The van der Waals surface area contributed by atoms with E-state index in [0.29, 0.717) is 29.0 Å². The van der Waals surface area contributed by atoms with Crippen molar-refractivity contribution in [3.05, 3.63) is 28.2 Å². The van der Waals surface area contributed by atoms with Crippen LogP contribution >= 0.6 is 34.8 Å². The van der Waals surface area contributed by atoms with Crippen LogP contribution in [0, 0.1) is 0 Å². The van der Waals surface area contributed by atoms with Crippen molar-refractivity contribution in [3.8, 4) is 5.75 Å². The van der Waals surface area contributed by atoms with Crippen LogP contribution in [0.25, 0.3) is 0 Å². The summed E-state index contributed by atoms with van der Waals surface area (Å²) in [6.07, 6.45) is 0.476. The Morgan fingerprint density at radius 3 is 2.74 bits per heavy atom. The zero-order valence-electron chi connectivity index (χ0n) is 10.4. The largest absolute Gasteiger partial charge is 0.486 e. The van der Waals surface area contributed by atoms with Crippen molar-refractivity contribution in [1.82, 2.24) is 0 Å². The summed E-state index contributed by atoms with van der Waals surface area (Å²) >= 11 is 18.1. The molecule has 1 fully saturated rings. The Labute approximate surface area is 127 Å². The standard InChI is InChI=1S/C13H15Cl3O3/c1-17-5-6-18-13-9(15)7-11(13)19-10-4-2-3-8(14)12(10)16/h2-4,9,11,13H,5-7H2,1H3. The van der Waals surface area contributed by atoms with E-state index in [1.165, 1.54) is 0 Å². The molecule has 1 saturated carbocycles. The second kappa shape index (κ2) is 7.00. The molecule has 0 aromatic heterocycles. The number of benzene rings is 1. The van der Waals surface area contributed by atoms with Crippen LogP contribution < -0.4 is 4.74 Å². The molecule has 0 saturated heterocycles. The van der Waals surface area contributed by atoms with Gasteiger partial charge in [-0.2, -0.15) is 0 Å². The first kappa shape index (κ1) is 15.2. The summed E-state index contributed by atoms with van der Waals surface area (Å²) in [6.45, 7) is 1.03. The molecule has 0 spiro atoms. The molecule has 0 aliphatic heterocycles. The summed E-state index contributed by atoms with van der Waals surface area (Å²) in [5.74, 6) is 0.558. The molecule has 3 atom stereocenters. The number of ether oxygens (including phenoxy) is 3. The third kappa shape index (κ3) is 3.67. The van der Waals surface area contributed by atoms with Gasteiger partial charge in [0.2, 0.25) is 0 Å². The molecule has 0 radical (unpaired) electrons. The highest BCUT2D eigenvalue weighted by atomic mass is 35.5. The van der Waals surface area contributed by atoms with E-state index in [2.05, 4.69) is 0 Å². The molecule has 0 N–H and O–H groups in total. The van der Waals surface area contributed by atoms with Crippen LogP contribution in [0.1, 0.15) is 6.42 Å². The van der Waals surface area contributed by atoms with Crippen molar-refractivity contribution < 1.29 is 14.2 Å². The summed E-state index contributed by atoms with van der Waals surface area (Å²) in [7, 11) is 1.63. The molecule has 1 aromatic carbocycles. The highest BCUT2D eigenvalue weighted by Crippen LogP contribution is 2.37. The number of hydrogen-bond donors (Lipinski definition) is 0. The Morgan fingerprint density at radius 1 is 1.26 bits per heavy atom. The highest BCUT2D eigenvalue weighted by Gasteiger charge is 2.43. The number of alkyl halides is 1. The minimum Gasteiger partial charge on any atom is -0.486 e. The first-order chi connectivity index (χ1) is 9.13. The van der Waals surface area contributed by atoms with Crippen LogP contribution in [-0.4, -0.2) is 37.9 Å². The molecule has 0 heterocycles. The lowest BCUT2D eigenvalue weighted by Crippen LogP contribution is -2.53. The Morgan fingerprint density at radius 2 is 2.05 bits per heavy atom. The first-order valence-electron chi connectivity index (χ1n) is 5.98. The van der Waals surface area contributed by atoms with Gasteiger partial charge >= 0.3 is 0 Å². The Bertz CT molecular complexity index is 428. The van der Waals surface area contributed by atoms with Gasteiger partial charge in [0.15, 0.2) is 0 Å². The van der Waals surface area contributed by atoms with Crippen molar-refractivity contribution in [2.24, 2.45) is 0 Å². The lowest BCUT2D eigenvalue weighted by atomic mass is 9.91. The van der Waals surface area contributed by atoms with Gasteiger partial charge in [-0.3, -0.25) is 0 Å². The predicted molar refractivity (Wildman–Crippen MR) is 76.8 cm³/mol. The van der Waals surface area contributed by atoms with Crippen molar-refractivity contribution in [1.29, 1.82) is 0 Å². The van der Waals surface area contributed by atoms with E-state index < -0.39 is 0 Å². The molecule has 3 nitrogen and oxygen atoms in total. The van der Waals surface area contributed by atoms with Crippen LogP contribution in [0.2, 0.25) is 10.0 Å². The minimum atomic E-state index is -0.146. The van der Waals surface area contributed by atoms with Crippen LogP contribution in [0.3, 0.4) is 0 Å². The third-order valence-corrected chi connectivity index (χ3v) is 4.20. The van der Waals surface area contributed by atoms with Crippen molar-refractivity contribution in [3.63, 3.8) is 0 Å². The molecule has 0 bridgehead atoms. The normalized spacial score (nSPS) is 26.0. The first-order valence-corrected chi connectivity index (χ1v) is 7.18. The van der Waals surface area contributed by atoms with E-state index in [1.54, 1.807) is 25.3 Å². The van der Waals surface area contributed by atoms with Gasteiger partial charge in [-0.05, 0) is 12.1 Å². The lowest BCUT2D eigenvalue weighted by Gasteiger charge is -2.40. The van der Waals surface area contributed by atoms with Crippen LogP contribution in [0.4, 0.5) is 0 Å². The van der Waals surface area contributed by atoms with Crippen molar-refractivity contribution in [2.75, 3.05) is 20.3 Å². The molecule has 2 rings (SSSR count). The number of hydrogen-bond acceptors (Lipinski definition) is 3. The van der Waals surface area contributed by atoms with Gasteiger partial charge in [0.1, 0.15) is 23.0 Å². The molecule has 6 heteroatoms. The molecule has 0 amide bonds. The maximum absolute atomic E-state index is 6.12. The molecule has 1 aliphatic carbocycles. The van der Waals surface area contributed by atoms with E-state index in [-0.39, 0.29) is 17.6 Å². The van der Waals surface area contributed by atoms with E-state index in [9.17, 15) is 0 Å². The average Bonchev–Trinajstić information content (AvgIpc) is 2.39. The second-order valence-corrected chi connectivity index (χ2v) is 5.63. The second-order valence-electron chi connectivity index (χ2n) is 4.29. The fourth-order valence-corrected chi connectivity index (χ4v) is 2.61. The quantitative estimate of drug-likeness (QED) is 0.588. The lowest BCUT2D eigenvalue weighted by molar-refractivity contribution is -0.0898. The fraction of sp³-hybridized carbons (Fsp3) is 0.538. The fourth-order valence-electron chi connectivity index (χ4n) is 1.86. The number of rotatable bonds is 6. The van der Waals surface area contributed by atoms with E-state index in [0.717, 1.165) is 6.42 Å². The van der Waals surface area contributed by atoms with E-state index >= 15 is 0 Å². The third-order valence-electron chi connectivity index (χ3n) is 2.97. The monoisotopic (exact) mass is 324 g/mol. The average molecular weight is 326 g/mol. The van der Waals surface area contributed by atoms with Crippen molar-refractivity contribution in [2.45, 2.75) is 24.0 Å². The molecule has 106 valence electrons. The zero-order chi connectivity index (χ0) is 13.8. The Kier molecular flexibility index (Phi) is 5.60. The molecule has 1 aliphatic rings. The van der Waals surface area contributed by atoms with E-state index in [1.807, 2.05) is 0 Å². The summed E-state index contributed by atoms with van der Waals surface area (Å²) in [5, 5.41) is 0.843. The topological polar surface area (TPSA) is 27.7 Å². The van der Waals surface area contributed by atoms with Gasteiger partial charge in [-0.25, -0.2) is 0 Å². The van der Waals surface area contributed by atoms with Gasteiger partial charge in [0.05, 0.1) is 23.6 Å². The minimum absolute atomic E-state index is 0.0418. The Balaban J connectivity index is 1.93. The van der Waals surface area contributed by atoms with Gasteiger partial charge in [-0.15, -0.1) is 11.6 Å². The van der Waals surface area contributed by atoms with Crippen LogP contribution in [-0.2, 0) is 9.47 Å². The zero-order valence-corrected chi connectivity index (χ0v) is 12.7.